The van der Waals surface area contributed by atoms with Gasteiger partial charge < -0.3 is 10.4 Å². The van der Waals surface area contributed by atoms with Gasteiger partial charge in [-0.05, 0) is 35.7 Å². The van der Waals surface area contributed by atoms with Gasteiger partial charge in [0.15, 0.2) is 0 Å². The highest BCUT2D eigenvalue weighted by atomic mass is 35.5. The Morgan fingerprint density at radius 2 is 1.82 bits per heavy atom. The minimum absolute atomic E-state index is 0.218. The van der Waals surface area contributed by atoms with E-state index in [2.05, 4.69) is 5.32 Å². The van der Waals surface area contributed by atoms with Gasteiger partial charge in [0.2, 0.25) is 0 Å². The summed E-state index contributed by atoms with van der Waals surface area (Å²) in [6.45, 7) is 0.218. The number of carboxylic acids is 1. The highest BCUT2D eigenvalue weighted by molar-refractivity contribution is 6.31. The molecule has 2 rings (SSSR count). The van der Waals surface area contributed by atoms with E-state index in [4.69, 9.17) is 16.7 Å². The van der Waals surface area contributed by atoms with Crippen molar-refractivity contribution in [1.29, 1.82) is 0 Å². The molecule has 0 radical (unpaired) electrons. The van der Waals surface area contributed by atoms with Crippen LogP contribution in [-0.2, 0) is 16.0 Å². The molecule has 0 unspecified atom stereocenters. The Kier molecular flexibility index (Phi) is 5.12. The van der Waals surface area contributed by atoms with Crippen LogP contribution < -0.4 is 5.32 Å². The minimum Gasteiger partial charge on any atom is -0.474 e. The molecule has 6 heteroatoms. The van der Waals surface area contributed by atoms with Crippen molar-refractivity contribution in [3.63, 3.8) is 0 Å². The van der Waals surface area contributed by atoms with Crippen LogP contribution in [0.15, 0.2) is 42.5 Å². The van der Waals surface area contributed by atoms with Gasteiger partial charge in [0.05, 0.1) is 0 Å². The first kappa shape index (κ1) is 16.0. The number of hydrogen-bond donors (Lipinski definition) is 2. The molecule has 1 amide bonds. The van der Waals surface area contributed by atoms with E-state index >= 15 is 0 Å². The number of carbonyl (C=O) groups is 2. The van der Waals surface area contributed by atoms with Gasteiger partial charge in [-0.1, -0.05) is 35.9 Å². The summed E-state index contributed by atoms with van der Waals surface area (Å²) in [6, 6.07) is 11.4. The fraction of sp³-hybridized carbons (Fsp3) is 0.125. The lowest BCUT2D eigenvalue weighted by Crippen LogP contribution is -2.32. The maximum Gasteiger partial charge on any atom is 0.394 e. The highest BCUT2D eigenvalue weighted by Gasteiger charge is 2.09. The van der Waals surface area contributed by atoms with E-state index in [0.29, 0.717) is 22.6 Å². The standard InChI is InChI=1S/C16H13ClFNO3/c17-12-5-6-14(18)13(9-12)11-3-1-10(2-4-11)7-8-19-15(20)16(21)22/h1-6,9H,7-8H2,(H,19,20)(H,21,22). The number of aliphatic carboxylic acids is 1. The topological polar surface area (TPSA) is 66.4 Å². The molecule has 0 aliphatic carbocycles. The van der Waals surface area contributed by atoms with Gasteiger partial charge in [0.1, 0.15) is 5.82 Å². The number of rotatable bonds is 4. The van der Waals surface area contributed by atoms with Crippen molar-refractivity contribution in [3.8, 4) is 11.1 Å². The average Bonchev–Trinajstić information content (AvgIpc) is 2.50. The Morgan fingerprint density at radius 3 is 2.45 bits per heavy atom. The molecule has 22 heavy (non-hydrogen) atoms. The van der Waals surface area contributed by atoms with E-state index in [0.717, 1.165) is 5.56 Å². The van der Waals surface area contributed by atoms with Gasteiger partial charge in [-0.2, -0.15) is 0 Å². The van der Waals surface area contributed by atoms with Crippen LogP contribution in [0.4, 0.5) is 4.39 Å². The molecule has 114 valence electrons. The molecule has 2 aromatic carbocycles. The van der Waals surface area contributed by atoms with Crippen molar-refractivity contribution in [3.05, 3.63) is 58.9 Å². The number of amides is 1. The maximum absolute atomic E-state index is 13.8. The average molecular weight is 322 g/mol. The lowest BCUT2D eigenvalue weighted by molar-refractivity contribution is -0.150. The lowest BCUT2D eigenvalue weighted by atomic mass is 10.0. The Morgan fingerprint density at radius 1 is 1.14 bits per heavy atom. The number of halogens is 2. The molecule has 0 saturated carbocycles. The first-order valence-corrected chi connectivity index (χ1v) is 6.90. The number of nitrogens with one attached hydrogen (secondary N) is 1. The summed E-state index contributed by atoms with van der Waals surface area (Å²) in [4.78, 5) is 21.2. The van der Waals surface area contributed by atoms with Gasteiger partial charge in [-0.15, -0.1) is 0 Å². The maximum atomic E-state index is 13.8. The second-order valence-corrected chi connectivity index (χ2v) is 5.07. The van der Waals surface area contributed by atoms with Crippen LogP contribution in [-0.4, -0.2) is 23.5 Å². The van der Waals surface area contributed by atoms with E-state index in [9.17, 15) is 14.0 Å². The molecule has 2 aromatic rings. The molecule has 0 heterocycles. The summed E-state index contributed by atoms with van der Waals surface area (Å²) in [5.41, 5.74) is 2.01. The molecule has 0 atom stereocenters. The molecule has 0 saturated heterocycles. The van der Waals surface area contributed by atoms with Gasteiger partial charge in [-0.25, -0.2) is 9.18 Å². The van der Waals surface area contributed by atoms with E-state index < -0.39 is 11.9 Å². The van der Waals surface area contributed by atoms with Gasteiger partial charge in [0.25, 0.3) is 0 Å². The SMILES string of the molecule is O=C(O)C(=O)NCCc1ccc(-c2cc(Cl)ccc2F)cc1. The van der Waals surface area contributed by atoms with Gasteiger partial charge in [-0.3, -0.25) is 4.79 Å². The van der Waals surface area contributed by atoms with Crippen LogP contribution in [0.5, 0.6) is 0 Å². The van der Waals surface area contributed by atoms with Crippen LogP contribution in [0.25, 0.3) is 11.1 Å². The van der Waals surface area contributed by atoms with Crippen molar-refractivity contribution in [1.82, 2.24) is 5.32 Å². The molecule has 2 N–H and O–H groups in total. The summed E-state index contributed by atoms with van der Waals surface area (Å²) in [5, 5.41) is 11.2. The number of carboxylic acid groups (broad SMARTS) is 1. The highest BCUT2D eigenvalue weighted by Crippen LogP contribution is 2.26. The summed E-state index contributed by atoms with van der Waals surface area (Å²) in [5.74, 6) is -2.89. The smallest absolute Gasteiger partial charge is 0.394 e. The third-order valence-electron chi connectivity index (χ3n) is 3.09. The first-order valence-electron chi connectivity index (χ1n) is 6.53. The summed E-state index contributed by atoms with van der Waals surface area (Å²) < 4.78 is 13.8. The predicted octanol–water partition coefficient (Wildman–Crippen LogP) is 2.89. The summed E-state index contributed by atoms with van der Waals surface area (Å²) in [7, 11) is 0. The Balaban J connectivity index is 2.03. The zero-order chi connectivity index (χ0) is 16.1. The van der Waals surface area contributed by atoms with Crippen LogP contribution in [0, 0.1) is 5.82 Å². The van der Waals surface area contributed by atoms with Crippen molar-refractivity contribution in [2.75, 3.05) is 6.54 Å². The number of hydrogen-bond acceptors (Lipinski definition) is 2. The molecule has 0 aliphatic rings. The van der Waals surface area contributed by atoms with E-state index in [-0.39, 0.29) is 12.4 Å². The lowest BCUT2D eigenvalue weighted by Gasteiger charge is -2.07. The fourth-order valence-corrected chi connectivity index (χ4v) is 2.14. The Hall–Kier alpha value is -2.40. The summed E-state index contributed by atoms with van der Waals surface area (Å²) in [6.07, 6.45) is 0.483. The molecule has 0 aromatic heterocycles. The first-order chi connectivity index (χ1) is 10.5. The zero-order valence-electron chi connectivity index (χ0n) is 11.5. The second-order valence-electron chi connectivity index (χ2n) is 4.63. The molecule has 0 fully saturated rings. The van der Waals surface area contributed by atoms with Crippen LogP contribution in [0.1, 0.15) is 5.56 Å². The van der Waals surface area contributed by atoms with Crippen LogP contribution >= 0.6 is 11.6 Å². The molecular formula is C16H13ClFNO3. The molecule has 4 nitrogen and oxygen atoms in total. The molecule has 0 spiro atoms. The van der Waals surface area contributed by atoms with Crippen LogP contribution in [0.2, 0.25) is 5.02 Å². The Labute approximate surface area is 131 Å². The second kappa shape index (κ2) is 7.04. The van der Waals surface area contributed by atoms with Gasteiger partial charge in [0, 0.05) is 17.1 Å². The van der Waals surface area contributed by atoms with Crippen molar-refractivity contribution < 1.29 is 19.1 Å². The van der Waals surface area contributed by atoms with Crippen molar-refractivity contribution in [2.24, 2.45) is 0 Å². The molecule has 0 bridgehead atoms. The Bertz CT molecular complexity index is 701. The fourth-order valence-electron chi connectivity index (χ4n) is 1.97. The van der Waals surface area contributed by atoms with Crippen molar-refractivity contribution >= 4 is 23.5 Å². The van der Waals surface area contributed by atoms with Crippen molar-refractivity contribution in [2.45, 2.75) is 6.42 Å². The van der Waals surface area contributed by atoms with E-state index in [1.807, 2.05) is 0 Å². The number of benzene rings is 2. The monoisotopic (exact) mass is 321 g/mol. The minimum atomic E-state index is -1.51. The number of carbonyl (C=O) groups excluding carboxylic acids is 1. The predicted molar refractivity (Wildman–Crippen MR) is 81.2 cm³/mol. The summed E-state index contributed by atoms with van der Waals surface area (Å²) >= 11 is 5.87. The van der Waals surface area contributed by atoms with Gasteiger partial charge >= 0.3 is 11.9 Å². The third-order valence-corrected chi connectivity index (χ3v) is 3.32. The normalized spacial score (nSPS) is 10.3. The molecule has 0 aliphatic heterocycles. The van der Waals surface area contributed by atoms with E-state index in [1.54, 1.807) is 30.3 Å². The van der Waals surface area contributed by atoms with Crippen LogP contribution in [0.3, 0.4) is 0 Å². The third kappa shape index (κ3) is 4.05. The zero-order valence-corrected chi connectivity index (χ0v) is 12.2. The van der Waals surface area contributed by atoms with E-state index in [1.165, 1.54) is 12.1 Å². The molecular weight excluding hydrogens is 309 g/mol. The quantitative estimate of drug-likeness (QED) is 0.851. The largest absolute Gasteiger partial charge is 0.474 e.